The molecule has 3 atom stereocenters. The standard InChI is InChI=1S/C22H26N2O4S/c1-22(26)14-15-24(29(27,28)18-10-6-3-7-11-18)19(16-8-4-2-5-9-16)20(22)23-21(25)17-12-13-17/h2-11,17,19-20,26H,12-15H2,1H3,(H,23,25). The van der Waals surface area contributed by atoms with Gasteiger partial charge in [0.1, 0.15) is 0 Å². The molecular weight excluding hydrogens is 388 g/mol. The zero-order chi connectivity index (χ0) is 20.6. The van der Waals surface area contributed by atoms with Gasteiger partial charge in [-0.1, -0.05) is 48.5 Å². The summed E-state index contributed by atoms with van der Waals surface area (Å²) in [5.74, 6) is -0.154. The molecule has 2 fully saturated rings. The van der Waals surface area contributed by atoms with Crippen LogP contribution in [0.2, 0.25) is 0 Å². The summed E-state index contributed by atoms with van der Waals surface area (Å²) < 4.78 is 28.4. The monoisotopic (exact) mass is 414 g/mol. The molecule has 7 heteroatoms. The second-order valence-corrected chi connectivity index (χ2v) is 10.0. The molecule has 1 saturated carbocycles. The number of carbonyl (C=O) groups excluding carboxylic acids is 1. The molecule has 2 N–H and O–H groups in total. The van der Waals surface area contributed by atoms with Crippen molar-refractivity contribution in [2.45, 2.75) is 48.8 Å². The summed E-state index contributed by atoms with van der Waals surface area (Å²) in [5.41, 5.74) is -0.485. The first kappa shape index (κ1) is 20.1. The van der Waals surface area contributed by atoms with Gasteiger partial charge in [0, 0.05) is 12.5 Å². The topological polar surface area (TPSA) is 86.7 Å². The first-order valence-electron chi connectivity index (χ1n) is 9.95. The third-order valence-electron chi connectivity index (χ3n) is 5.87. The van der Waals surface area contributed by atoms with E-state index in [1.807, 2.05) is 30.3 Å². The van der Waals surface area contributed by atoms with Gasteiger partial charge in [-0.2, -0.15) is 4.31 Å². The van der Waals surface area contributed by atoms with Gasteiger partial charge in [0.15, 0.2) is 0 Å². The fourth-order valence-electron chi connectivity index (χ4n) is 4.00. The molecule has 6 nitrogen and oxygen atoms in total. The van der Waals surface area contributed by atoms with Crippen LogP contribution in [0.5, 0.6) is 0 Å². The highest BCUT2D eigenvalue weighted by Gasteiger charge is 2.50. The number of amides is 1. The molecule has 2 aromatic carbocycles. The third kappa shape index (κ3) is 3.95. The van der Waals surface area contributed by atoms with Gasteiger partial charge in [0.05, 0.1) is 22.6 Å². The van der Waals surface area contributed by atoms with Crippen molar-refractivity contribution < 1.29 is 18.3 Å². The van der Waals surface area contributed by atoms with Gasteiger partial charge in [-0.15, -0.1) is 0 Å². The Hall–Kier alpha value is -2.22. The van der Waals surface area contributed by atoms with E-state index in [1.165, 1.54) is 4.31 Å². The average Bonchev–Trinajstić information content (AvgIpc) is 3.56. The smallest absolute Gasteiger partial charge is 0.243 e. The number of carbonyl (C=O) groups is 1. The Morgan fingerprint density at radius 3 is 2.24 bits per heavy atom. The van der Waals surface area contributed by atoms with E-state index in [-0.39, 0.29) is 29.7 Å². The van der Waals surface area contributed by atoms with E-state index in [2.05, 4.69) is 5.32 Å². The number of hydrogen-bond acceptors (Lipinski definition) is 4. The minimum Gasteiger partial charge on any atom is -0.388 e. The van der Waals surface area contributed by atoms with E-state index < -0.39 is 27.7 Å². The molecule has 0 spiro atoms. The SMILES string of the molecule is CC1(O)CCN(S(=O)(=O)c2ccccc2)C(c2ccccc2)C1NC(=O)C1CC1. The first-order chi connectivity index (χ1) is 13.8. The zero-order valence-electron chi connectivity index (χ0n) is 16.4. The molecule has 2 aromatic rings. The summed E-state index contributed by atoms with van der Waals surface area (Å²) in [6.45, 7) is 1.84. The van der Waals surface area contributed by atoms with Crippen LogP contribution >= 0.6 is 0 Å². The Labute approximate surface area is 171 Å². The summed E-state index contributed by atoms with van der Waals surface area (Å²) in [6.07, 6.45) is 1.91. The molecule has 1 aliphatic heterocycles. The summed E-state index contributed by atoms with van der Waals surface area (Å²) in [7, 11) is -3.81. The number of nitrogens with zero attached hydrogens (tertiary/aromatic N) is 1. The van der Waals surface area contributed by atoms with Crippen molar-refractivity contribution in [3.05, 3.63) is 66.2 Å². The van der Waals surface area contributed by atoms with Crippen LogP contribution in [0.4, 0.5) is 0 Å². The number of benzene rings is 2. The normalized spacial score (nSPS) is 28.1. The quantitative estimate of drug-likeness (QED) is 0.787. The number of rotatable bonds is 5. The average molecular weight is 415 g/mol. The maximum atomic E-state index is 13.5. The van der Waals surface area contributed by atoms with Crippen LogP contribution < -0.4 is 5.32 Å². The minimum absolute atomic E-state index is 0.0386. The molecule has 29 heavy (non-hydrogen) atoms. The van der Waals surface area contributed by atoms with E-state index in [0.29, 0.717) is 0 Å². The van der Waals surface area contributed by atoms with Crippen molar-refractivity contribution in [1.82, 2.24) is 9.62 Å². The van der Waals surface area contributed by atoms with Crippen LogP contribution in [0.25, 0.3) is 0 Å². The Kier molecular flexibility index (Phi) is 5.23. The van der Waals surface area contributed by atoms with Crippen molar-refractivity contribution in [1.29, 1.82) is 0 Å². The van der Waals surface area contributed by atoms with Gasteiger partial charge in [-0.25, -0.2) is 8.42 Å². The van der Waals surface area contributed by atoms with Crippen LogP contribution in [0.3, 0.4) is 0 Å². The Morgan fingerprint density at radius 1 is 1.07 bits per heavy atom. The molecule has 2 aliphatic rings. The second-order valence-electron chi connectivity index (χ2n) is 8.15. The molecular formula is C22H26N2O4S. The van der Waals surface area contributed by atoms with Crippen molar-refractivity contribution in [3.63, 3.8) is 0 Å². The summed E-state index contributed by atoms with van der Waals surface area (Å²) in [5, 5.41) is 14.1. The number of nitrogens with one attached hydrogen (secondary N) is 1. The van der Waals surface area contributed by atoms with Crippen LogP contribution in [0.15, 0.2) is 65.6 Å². The predicted octanol–water partition coefficient (Wildman–Crippen LogP) is 2.47. The Balaban J connectivity index is 1.79. The number of hydrogen-bond donors (Lipinski definition) is 2. The lowest BCUT2D eigenvalue weighted by Gasteiger charge is -2.48. The highest BCUT2D eigenvalue weighted by molar-refractivity contribution is 7.89. The molecule has 1 aliphatic carbocycles. The fourth-order valence-corrected chi connectivity index (χ4v) is 5.64. The van der Waals surface area contributed by atoms with E-state index in [4.69, 9.17) is 0 Å². The van der Waals surface area contributed by atoms with Gasteiger partial charge >= 0.3 is 0 Å². The van der Waals surface area contributed by atoms with E-state index in [9.17, 15) is 18.3 Å². The van der Waals surface area contributed by atoms with E-state index in [1.54, 1.807) is 37.3 Å². The minimum atomic E-state index is -3.81. The molecule has 154 valence electrons. The van der Waals surface area contributed by atoms with E-state index >= 15 is 0 Å². The highest BCUT2D eigenvalue weighted by Crippen LogP contribution is 2.41. The van der Waals surface area contributed by atoms with Gasteiger partial charge in [-0.3, -0.25) is 4.79 Å². The molecule has 1 heterocycles. The molecule has 4 rings (SSSR count). The molecule has 3 unspecified atom stereocenters. The van der Waals surface area contributed by atoms with Crippen molar-refractivity contribution in [2.75, 3.05) is 6.54 Å². The Bertz CT molecular complexity index is 972. The van der Waals surface area contributed by atoms with E-state index in [0.717, 1.165) is 18.4 Å². The number of aliphatic hydroxyl groups is 1. The largest absolute Gasteiger partial charge is 0.388 e. The predicted molar refractivity (Wildman–Crippen MR) is 109 cm³/mol. The summed E-state index contributed by atoms with van der Waals surface area (Å²) in [4.78, 5) is 12.8. The highest BCUT2D eigenvalue weighted by atomic mass is 32.2. The fraction of sp³-hybridized carbons (Fsp3) is 0.409. The van der Waals surface area contributed by atoms with Crippen LogP contribution in [0.1, 0.15) is 37.8 Å². The van der Waals surface area contributed by atoms with Crippen molar-refractivity contribution in [3.8, 4) is 0 Å². The summed E-state index contributed by atoms with van der Waals surface area (Å²) >= 11 is 0. The third-order valence-corrected chi connectivity index (χ3v) is 7.77. The van der Waals surface area contributed by atoms with Gasteiger partial charge < -0.3 is 10.4 Å². The Morgan fingerprint density at radius 2 is 1.66 bits per heavy atom. The number of sulfonamides is 1. The maximum absolute atomic E-state index is 13.5. The maximum Gasteiger partial charge on any atom is 0.243 e. The molecule has 1 saturated heterocycles. The van der Waals surface area contributed by atoms with Gasteiger partial charge in [0.25, 0.3) is 0 Å². The lowest BCUT2D eigenvalue weighted by Crippen LogP contribution is -2.63. The lowest BCUT2D eigenvalue weighted by atomic mass is 9.81. The van der Waals surface area contributed by atoms with Gasteiger partial charge in [-0.05, 0) is 43.9 Å². The molecule has 0 radical (unpaired) electrons. The number of piperidine rings is 1. The van der Waals surface area contributed by atoms with Crippen LogP contribution in [-0.2, 0) is 14.8 Å². The molecule has 0 aromatic heterocycles. The van der Waals surface area contributed by atoms with Crippen LogP contribution in [0, 0.1) is 5.92 Å². The summed E-state index contributed by atoms with van der Waals surface area (Å²) in [6, 6.07) is 16.1. The van der Waals surface area contributed by atoms with Crippen molar-refractivity contribution in [2.24, 2.45) is 5.92 Å². The molecule has 0 bridgehead atoms. The zero-order valence-corrected chi connectivity index (χ0v) is 17.2. The van der Waals surface area contributed by atoms with Gasteiger partial charge in [0.2, 0.25) is 15.9 Å². The van der Waals surface area contributed by atoms with Crippen LogP contribution in [-0.4, -0.2) is 41.9 Å². The molecule has 1 amide bonds. The lowest BCUT2D eigenvalue weighted by molar-refractivity contribution is -0.128. The van der Waals surface area contributed by atoms with Crippen molar-refractivity contribution >= 4 is 15.9 Å². The second kappa shape index (κ2) is 7.55. The first-order valence-corrected chi connectivity index (χ1v) is 11.4.